The number of likely N-dealkylation sites (N-methyl/N-ethyl adjacent to an activating group) is 1. The molecule has 1 aromatic heterocycles. The number of ether oxygens (including phenoxy) is 1. The van der Waals surface area contributed by atoms with Crippen molar-refractivity contribution in [3.8, 4) is 5.75 Å². The average molecular weight is 854 g/mol. The second-order valence-electron chi connectivity index (χ2n) is 17.9. The molecule has 2 aromatic rings. The standard InChI is InChI=1S/C47H57N5O8S/c1-46(2)37-15-13-29-50(27-11-7-9-17-41(53)54)44(37)48-39(46)25-19-33-31-52(5,6)32-34(43(33)60-35-21-23-36(24-22-35)61(57,58)59)20-26-40-47(3,4)38-16-14-30-51(45(38)49-40)28-12-8-10-18-42(55)56/h13-16,19-26,29-30H,7-12,17-18,27-28,31-32H2,1-6H3,(H-2,53,54,55,56,57,58,59)/p+2. The first-order chi connectivity index (χ1) is 28.8. The minimum absolute atomic E-state index is 0.167. The Labute approximate surface area is 359 Å². The van der Waals surface area contributed by atoms with Gasteiger partial charge in [0.25, 0.3) is 10.1 Å². The summed E-state index contributed by atoms with van der Waals surface area (Å²) in [5.41, 5.74) is 5.06. The van der Waals surface area contributed by atoms with Crippen LogP contribution in [0.25, 0.3) is 0 Å². The third-order valence-corrected chi connectivity index (χ3v) is 12.6. The number of fused-ring (bicyclic) bond motifs is 2. The van der Waals surface area contributed by atoms with Crippen molar-refractivity contribution >= 4 is 39.4 Å². The number of aromatic nitrogens is 1. The van der Waals surface area contributed by atoms with Crippen LogP contribution < -0.4 is 9.30 Å². The second kappa shape index (κ2) is 18.3. The molecule has 0 fully saturated rings. The number of benzene rings is 1. The van der Waals surface area contributed by atoms with E-state index in [1.54, 1.807) is 0 Å². The average Bonchev–Trinajstić information content (AvgIpc) is 3.60. The maximum Gasteiger partial charge on any atom is 0.327 e. The first-order valence-electron chi connectivity index (χ1n) is 21.0. The number of carboxylic acid groups (broad SMARTS) is 2. The Morgan fingerprint density at radius 2 is 1.57 bits per heavy atom. The molecule has 0 aliphatic carbocycles. The first kappa shape index (κ1) is 45.1. The molecule has 324 valence electrons. The van der Waals surface area contributed by atoms with Crippen LogP contribution in [0.5, 0.6) is 5.75 Å². The van der Waals surface area contributed by atoms with E-state index in [0.29, 0.717) is 41.9 Å². The Hall–Kier alpha value is -5.44. The van der Waals surface area contributed by atoms with Crippen molar-refractivity contribution in [3.05, 3.63) is 119 Å². The molecule has 0 unspecified atom stereocenters. The highest BCUT2D eigenvalue weighted by Crippen LogP contribution is 2.45. The molecular weight excluding hydrogens is 795 g/mol. The zero-order valence-electron chi connectivity index (χ0n) is 36.1. The number of aliphatic carboxylic acids is 2. The summed E-state index contributed by atoms with van der Waals surface area (Å²) < 4.78 is 42.8. The largest absolute Gasteiger partial charge is 0.481 e. The van der Waals surface area contributed by atoms with Crippen LogP contribution >= 0.6 is 0 Å². The number of aliphatic imine (C=N–C) groups is 2. The SMILES string of the molecule is CC1(C)C2=CC=CN(CCCCCC(=O)O)C2=N/C1=C/C=C1\C[N+](C)(C)CC(/C=C/C2=Nc3c(ccc[n+]3CCCCCC(=O)O)C2(C)C)=C1Oc1ccc(S(=O)(=O)O)cc1. The highest BCUT2D eigenvalue weighted by molar-refractivity contribution is 7.85. The fraction of sp³-hybridized carbons (Fsp3) is 0.426. The summed E-state index contributed by atoms with van der Waals surface area (Å²) in [6.45, 7) is 11.4. The van der Waals surface area contributed by atoms with Crippen molar-refractivity contribution in [3.63, 3.8) is 0 Å². The number of carbonyl (C=O) groups is 2. The van der Waals surface area contributed by atoms with E-state index >= 15 is 0 Å². The van der Waals surface area contributed by atoms with E-state index in [-0.39, 0.29) is 17.7 Å². The Balaban J connectivity index is 1.35. The summed E-state index contributed by atoms with van der Waals surface area (Å²) >= 11 is 0. The molecule has 13 nitrogen and oxygen atoms in total. The zero-order valence-corrected chi connectivity index (χ0v) is 36.9. The minimum Gasteiger partial charge on any atom is -0.481 e. The lowest BCUT2D eigenvalue weighted by Crippen LogP contribution is -2.46. The van der Waals surface area contributed by atoms with Crippen LogP contribution in [0.15, 0.2) is 128 Å². The molecule has 4 aliphatic rings. The van der Waals surface area contributed by atoms with E-state index in [1.807, 2.05) is 24.5 Å². The number of carboxylic acids is 2. The quantitative estimate of drug-likeness (QED) is 0.0585. The number of rotatable bonds is 18. The van der Waals surface area contributed by atoms with Gasteiger partial charge in [-0.25, -0.2) is 9.56 Å². The summed E-state index contributed by atoms with van der Waals surface area (Å²) in [6, 6.07) is 9.86. The number of allylic oxidation sites excluding steroid dienone is 6. The summed E-state index contributed by atoms with van der Waals surface area (Å²) in [6.07, 6.45) is 21.4. The molecule has 0 amide bonds. The van der Waals surface area contributed by atoms with Gasteiger partial charge in [0.1, 0.15) is 30.4 Å². The molecule has 0 atom stereocenters. The van der Waals surface area contributed by atoms with Crippen LogP contribution in [0.3, 0.4) is 0 Å². The predicted molar refractivity (Wildman–Crippen MR) is 235 cm³/mol. The molecule has 61 heavy (non-hydrogen) atoms. The topological polar surface area (TPSA) is 170 Å². The van der Waals surface area contributed by atoms with Crippen LogP contribution in [0.2, 0.25) is 0 Å². The number of pyridine rings is 1. The smallest absolute Gasteiger partial charge is 0.327 e. The second-order valence-corrected chi connectivity index (χ2v) is 19.3. The fourth-order valence-electron chi connectivity index (χ4n) is 8.29. The number of aryl methyl sites for hydroxylation is 1. The van der Waals surface area contributed by atoms with Crippen LogP contribution in [-0.2, 0) is 31.7 Å². The molecule has 0 bridgehead atoms. The maximum absolute atomic E-state index is 11.9. The van der Waals surface area contributed by atoms with Gasteiger partial charge < -0.3 is 24.3 Å². The van der Waals surface area contributed by atoms with Gasteiger partial charge in [-0.05, 0) is 118 Å². The molecule has 0 radical (unpaired) electrons. The Kier molecular flexibility index (Phi) is 13.5. The maximum atomic E-state index is 11.9. The number of unbranched alkanes of at least 4 members (excludes halogenated alkanes) is 4. The van der Waals surface area contributed by atoms with Crippen LogP contribution in [0.1, 0.15) is 84.6 Å². The van der Waals surface area contributed by atoms with Gasteiger partial charge in [0.15, 0.2) is 5.71 Å². The van der Waals surface area contributed by atoms with Crippen molar-refractivity contribution in [2.24, 2.45) is 15.4 Å². The molecule has 4 aliphatic heterocycles. The minimum atomic E-state index is -4.39. The molecule has 3 N–H and O–H groups in total. The number of hydrogen-bond donors (Lipinski definition) is 3. The van der Waals surface area contributed by atoms with E-state index in [0.717, 1.165) is 84.1 Å². The van der Waals surface area contributed by atoms with Crippen LogP contribution in [-0.4, -0.2) is 89.8 Å². The van der Waals surface area contributed by atoms with Crippen molar-refractivity contribution < 1.29 is 46.6 Å². The highest BCUT2D eigenvalue weighted by atomic mass is 32.2. The summed E-state index contributed by atoms with van der Waals surface area (Å²) in [7, 11) is -0.0632. The van der Waals surface area contributed by atoms with Gasteiger partial charge in [0.05, 0.1) is 48.4 Å². The van der Waals surface area contributed by atoms with E-state index in [9.17, 15) is 22.6 Å². The Bertz CT molecular complexity index is 2410. The molecule has 6 rings (SSSR count). The molecular formula is C47H59N5O8S+2. The van der Waals surface area contributed by atoms with Gasteiger partial charge in [-0.1, -0.05) is 26.3 Å². The van der Waals surface area contributed by atoms with E-state index in [4.69, 9.17) is 24.9 Å². The third-order valence-electron chi connectivity index (χ3n) is 11.7. The lowest BCUT2D eigenvalue weighted by molar-refractivity contribution is -0.882. The van der Waals surface area contributed by atoms with Crippen molar-refractivity contribution in [2.75, 3.05) is 33.7 Å². The van der Waals surface area contributed by atoms with Gasteiger partial charge in [0, 0.05) is 47.7 Å². The first-order valence-corrected chi connectivity index (χ1v) is 22.4. The van der Waals surface area contributed by atoms with Gasteiger partial charge in [-0.2, -0.15) is 8.42 Å². The Morgan fingerprint density at radius 1 is 0.885 bits per heavy atom. The van der Waals surface area contributed by atoms with Crippen LogP contribution in [0, 0.1) is 5.41 Å². The summed E-state index contributed by atoms with van der Waals surface area (Å²) in [4.78, 5) is 34.3. The normalized spacial score (nSPS) is 20.2. The van der Waals surface area contributed by atoms with E-state index < -0.39 is 32.9 Å². The highest BCUT2D eigenvalue weighted by Gasteiger charge is 2.43. The molecule has 0 saturated heterocycles. The van der Waals surface area contributed by atoms with Gasteiger partial charge in [-0.3, -0.25) is 14.1 Å². The Morgan fingerprint density at radius 3 is 2.25 bits per heavy atom. The summed E-state index contributed by atoms with van der Waals surface area (Å²) in [5.74, 6) is 1.29. The molecule has 0 spiro atoms. The van der Waals surface area contributed by atoms with Crippen molar-refractivity contribution in [1.29, 1.82) is 0 Å². The number of nitrogens with zero attached hydrogens (tertiary/aromatic N) is 5. The molecule has 1 aromatic carbocycles. The molecule has 5 heterocycles. The monoisotopic (exact) mass is 853 g/mol. The van der Waals surface area contributed by atoms with Gasteiger partial charge in [0.2, 0.25) is 0 Å². The van der Waals surface area contributed by atoms with E-state index in [1.165, 1.54) is 24.3 Å². The summed E-state index contributed by atoms with van der Waals surface area (Å²) in [5, 5.41) is 18.1. The van der Waals surface area contributed by atoms with Gasteiger partial charge >= 0.3 is 17.8 Å². The number of quaternary nitrogens is 1. The van der Waals surface area contributed by atoms with Crippen LogP contribution in [0.4, 0.5) is 5.82 Å². The fourth-order valence-corrected chi connectivity index (χ4v) is 8.77. The predicted octanol–water partition coefficient (Wildman–Crippen LogP) is 7.86. The van der Waals surface area contributed by atoms with Crippen molar-refractivity contribution in [2.45, 2.75) is 95.9 Å². The zero-order chi connectivity index (χ0) is 44.2. The lowest BCUT2D eigenvalue weighted by atomic mass is 9.81. The van der Waals surface area contributed by atoms with Crippen molar-refractivity contribution in [1.82, 2.24) is 4.90 Å². The van der Waals surface area contributed by atoms with Gasteiger partial charge in [-0.15, -0.1) is 0 Å². The molecule has 14 heteroatoms. The third kappa shape index (κ3) is 10.7. The number of hydrogen-bond acceptors (Lipinski definition) is 8. The van der Waals surface area contributed by atoms with E-state index in [2.05, 4.69) is 87.7 Å². The number of amidine groups is 1. The lowest BCUT2D eigenvalue weighted by Gasteiger charge is -2.36. The molecule has 0 saturated carbocycles.